The average molecular weight is 431 g/mol. The maximum Gasteiger partial charge on any atom is 0.294 e. The lowest BCUT2D eigenvalue weighted by Gasteiger charge is -2.14. The molecule has 31 heavy (non-hydrogen) atoms. The first-order valence-corrected chi connectivity index (χ1v) is 10.7. The van der Waals surface area contributed by atoms with Crippen molar-refractivity contribution < 1.29 is 9.59 Å². The molecule has 0 unspecified atom stereocenters. The van der Waals surface area contributed by atoms with Crippen molar-refractivity contribution in [3.8, 4) is 11.1 Å². The van der Waals surface area contributed by atoms with Crippen LogP contribution in [0.3, 0.4) is 0 Å². The van der Waals surface area contributed by atoms with Crippen LogP contribution < -0.4 is 5.32 Å². The minimum atomic E-state index is -0.598. The zero-order valence-electron chi connectivity index (χ0n) is 17.2. The standard InChI is InChI=1S/C26H23ClN2O2/c1-18(10-11-19-7-3-2-4-8-19)28-26(31)25(30)24-23(20-12-14-21(27)15-13-20)17-22-9-5-6-16-29(22)24/h2-9,12-18H,10-11H2,1H3,(H,28,31)/t18-/m1/s1. The molecule has 4 nitrogen and oxygen atoms in total. The number of Topliss-reactive ketones (excluding diaryl/α,β-unsaturated/α-hetero) is 1. The fourth-order valence-electron chi connectivity index (χ4n) is 3.70. The van der Waals surface area contributed by atoms with Gasteiger partial charge in [-0.25, -0.2) is 0 Å². The molecule has 0 saturated heterocycles. The molecule has 2 heterocycles. The van der Waals surface area contributed by atoms with Crippen LogP contribution in [-0.4, -0.2) is 22.1 Å². The van der Waals surface area contributed by atoms with E-state index in [1.54, 1.807) is 22.7 Å². The van der Waals surface area contributed by atoms with E-state index < -0.39 is 11.7 Å². The second kappa shape index (κ2) is 9.19. The van der Waals surface area contributed by atoms with Gasteiger partial charge in [-0.15, -0.1) is 0 Å². The van der Waals surface area contributed by atoms with Gasteiger partial charge < -0.3 is 9.72 Å². The van der Waals surface area contributed by atoms with Gasteiger partial charge in [-0.2, -0.15) is 0 Å². The molecule has 156 valence electrons. The van der Waals surface area contributed by atoms with Gasteiger partial charge in [0.1, 0.15) is 5.69 Å². The molecular formula is C26H23ClN2O2. The van der Waals surface area contributed by atoms with Gasteiger partial charge in [0.2, 0.25) is 0 Å². The number of pyridine rings is 1. The van der Waals surface area contributed by atoms with Crippen LogP contribution in [0, 0.1) is 0 Å². The van der Waals surface area contributed by atoms with Crippen LogP contribution in [0.4, 0.5) is 0 Å². The van der Waals surface area contributed by atoms with Gasteiger partial charge in [0.15, 0.2) is 0 Å². The van der Waals surface area contributed by atoms with Crippen molar-refractivity contribution in [1.29, 1.82) is 0 Å². The Balaban J connectivity index is 1.57. The van der Waals surface area contributed by atoms with Crippen molar-refractivity contribution in [3.63, 3.8) is 0 Å². The number of carbonyl (C=O) groups is 2. The van der Waals surface area contributed by atoms with Gasteiger partial charge in [0, 0.05) is 28.3 Å². The van der Waals surface area contributed by atoms with Crippen molar-refractivity contribution in [1.82, 2.24) is 9.72 Å². The van der Waals surface area contributed by atoms with E-state index >= 15 is 0 Å². The largest absolute Gasteiger partial charge is 0.347 e. The van der Waals surface area contributed by atoms with E-state index in [0.29, 0.717) is 16.3 Å². The fraction of sp³-hybridized carbons (Fsp3) is 0.154. The molecular weight excluding hydrogens is 408 g/mol. The first-order valence-electron chi connectivity index (χ1n) is 10.3. The number of ketones is 1. The van der Waals surface area contributed by atoms with Gasteiger partial charge in [-0.05, 0) is 61.2 Å². The lowest BCUT2D eigenvalue weighted by atomic mass is 10.0. The SMILES string of the molecule is C[C@H](CCc1ccccc1)NC(=O)C(=O)c1c(-c2ccc(Cl)cc2)cc2ccccn12. The zero-order chi connectivity index (χ0) is 21.8. The monoisotopic (exact) mass is 430 g/mol. The molecule has 0 spiro atoms. The molecule has 4 aromatic rings. The number of amides is 1. The molecule has 4 rings (SSSR count). The number of fused-ring (bicyclic) bond motifs is 1. The van der Waals surface area contributed by atoms with E-state index in [4.69, 9.17) is 11.6 Å². The first-order chi connectivity index (χ1) is 15.0. The highest BCUT2D eigenvalue weighted by atomic mass is 35.5. The second-order valence-electron chi connectivity index (χ2n) is 7.64. The van der Waals surface area contributed by atoms with Gasteiger partial charge in [-0.3, -0.25) is 9.59 Å². The minimum Gasteiger partial charge on any atom is -0.347 e. The van der Waals surface area contributed by atoms with Crippen LogP contribution in [-0.2, 0) is 11.2 Å². The Morgan fingerprint density at radius 1 is 0.968 bits per heavy atom. The summed E-state index contributed by atoms with van der Waals surface area (Å²) in [6.07, 6.45) is 3.39. The number of aromatic nitrogens is 1. The molecule has 0 fully saturated rings. The number of halogens is 1. The molecule has 1 amide bonds. The summed E-state index contributed by atoms with van der Waals surface area (Å²) in [5.74, 6) is -1.15. The van der Waals surface area contributed by atoms with E-state index in [-0.39, 0.29) is 6.04 Å². The number of carbonyl (C=O) groups excluding carboxylic acids is 2. The number of nitrogens with one attached hydrogen (secondary N) is 1. The summed E-state index contributed by atoms with van der Waals surface area (Å²) < 4.78 is 1.76. The van der Waals surface area contributed by atoms with Crippen molar-refractivity contribution in [2.75, 3.05) is 0 Å². The van der Waals surface area contributed by atoms with Crippen LogP contribution in [0.15, 0.2) is 85.1 Å². The minimum absolute atomic E-state index is 0.123. The van der Waals surface area contributed by atoms with Gasteiger partial charge in [-0.1, -0.05) is 60.1 Å². The molecule has 5 heteroatoms. The number of rotatable bonds is 7. The van der Waals surface area contributed by atoms with Gasteiger partial charge >= 0.3 is 0 Å². The van der Waals surface area contributed by atoms with Crippen molar-refractivity contribution in [3.05, 3.63) is 101 Å². The number of nitrogens with zero attached hydrogens (tertiary/aromatic N) is 1. The molecule has 0 aliphatic carbocycles. The Labute approximate surface area is 186 Å². The lowest BCUT2D eigenvalue weighted by molar-refractivity contribution is -0.117. The summed E-state index contributed by atoms with van der Waals surface area (Å²) >= 11 is 6.03. The number of hydrogen-bond acceptors (Lipinski definition) is 2. The van der Waals surface area contributed by atoms with Crippen LogP contribution in [0.25, 0.3) is 16.6 Å². The molecule has 0 aliphatic rings. The van der Waals surface area contributed by atoms with Crippen LogP contribution in [0.5, 0.6) is 0 Å². The molecule has 0 bridgehead atoms. The van der Waals surface area contributed by atoms with Crippen molar-refractivity contribution in [2.45, 2.75) is 25.8 Å². The van der Waals surface area contributed by atoms with Gasteiger partial charge in [0.05, 0.1) is 0 Å². The molecule has 0 saturated carbocycles. The fourth-order valence-corrected chi connectivity index (χ4v) is 3.83. The highest BCUT2D eigenvalue weighted by Crippen LogP contribution is 2.29. The predicted octanol–water partition coefficient (Wildman–Crippen LogP) is 5.58. The van der Waals surface area contributed by atoms with E-state index in [2.05, 4.69) is 17.4 Å². The van der Waals surface area contributed by atoms with Crippen molar-refractivity contribution >= 4 is 28.8 Å². The highest BCUT2D eigenvalue weighted by molar-refractivity contribution is 6.43. The normalized spacial score (nSPS) is 11.9. The topological polar surface area (TPSA) is 50.6 Å². The zero-order valence-corrected chi connectivity index (χ0v) is 18.0. The Kier molecular flexibility index (Phi) is 6.19. The van der Waals surface area contributed by atoms with Crippen LogP contribution in [0.1, 0.15) is 29.4 Å². The van der Waals surface area contributed by atoms with Gasteiger partial charge in [0.25, 0.3) is 11.7 Å². The van der Waals surface area contributed by atoms with Crippen molar-refractivity contribution in [2.24, 2.45) is 0 Å². The maximum absolute atomic E-state index is 13.2. The third-order valence-corrected chi connectivity index (χ3v) is 5.59. The summed E-state index contributed by atoms with van der Waals surface area (Å²) in [6.45, 7) is 1.92. The summed E-state index contributed by atoms with van der Waals surface area (Å²) in [6, 6.07) is 24.8. The van der Waals surface area contributed by atoms with Crippen LogP contribution in [0.2, 0.25) is 5.02 Å². The molecule has 2 aromatic carbocycles. The third kappa shape index (κ3) is 4.70. The Morgan fingerprint density at radius 3 is 2.42 bits per heavy atom. The second-order valence-corrected chi connectivity index (χ2v) is 8.07. The van der Waals surface area contributed by atoms with Crippen LogP contribution >= 0.6 is 11.6 Å². The lowest BCUT2D eigenvalue weighted by Crippen LogP contribution is -2.38. The number of hydrogen-bond donors (Lipinski definition) is 1. The maximum atomic E-state index is 13.2. The summed E-state index contributed by atoms with van der Waals surface area (Å²) in [4.78, 5) is 26.1. The highest BCUT2D eigenvalue weighted by Gasteiger charge is 2.25. The van der Waals surface area contributed by atoms with E-state index in [9.17, 15) is 9.59 Å². The molecule has 0 aliphatic heterocycles. The van der Waals surface area contributed by atoms with E-state index in [1.807, 2.05) is 61.5 Å². The summed E-state index contributed by atoms with van der Waals surface area (Å²) in [5, 5.41) is 3.48. The Hall–Kier alpha value is -3.37. The van der Waals surface area contributed by atoms with E-state index in [1.165, 1.54) is 5.56 Å². The molecule has 2 aromatic heterocycles. The molecule has 1 N–H and O–H groups in total. The smallest absolute Gasteiger partial charge is 0.294 e. The summed E-state index contributed by atoms with van der Waals surface area (Å²) in [7, 11) is 0. The Morgan fingerprint density at radius 2 is 1.68 bits per heavy atom. The third-order valence-electron chi connectivity index (χ3n) is 5.34. The average Bonchev–Trinajstić information content (AvgIpc) is 3.18. The molecule has 1 atom stereocenters. The summed E-state index contributed by atoms with van der Waals surface area (Å²) in [5.41, 5.74) is 3.95. The van der Waals surface area contributed by atoms with E-state index in [0.717, 1.165) is 23.9 Å². The Bertz CT molecular complexity index is 1210. The number of aryl methyl sites for hydroxylation is 1. The quantitative estimate of drug-likeness (QED) is 0.307. The number of benzene rings is 2. The molecule has 0 radical (unpaired) electrons. The predicted molar refractivity (Wildman–Crippen MR) is 125 cm³/mol. The first kappa shape index (κ1) is 20.9.